The van der Waals surface area contributed by atoms with Gasteiger partial charge in [-0.25, -0.2) is 4.79 Å². The number of hydrogen-bond donors (Lipinski definition) is 2. The number of rotatable bonds is 6. The molecule has 0 aliphatic carbocycles. The number of carbonyl (C=O) groups is 3. The van der Waals surface area contributed by atoms with Crippen molar-refractivity contribution >= 4 is 29.6 Å². The third kappa shape index (κ3) is 3.68. The molecule has 0 aromatic heterocycles. The molecule has 4 amide bonds. The summed E-state index contributed by atoms with van der Waals surface area (Å²) in [6.45, 7) is 1.60. The van der Waals surface area contributed by atoms with Gasteiger partial charge in [0.15, 0.2) is 0 Å². The molecule has 0 spiro atoms. The van der Waals surface area contributed by atoms with Crippen LogP contribution in [-0.2, 0) is 16.1 Å². The van der Waals surface area contributed by atoms with Gasteiger partial charge >= 0.3 is 6.03 Å². The van der Waals surface area contributed by atoms with Gasteiger partial charge in [-0.05, 0) is 48.6 Å². The zero-order valence-corrected chi connectivity index (χ0v) is 16.6. The Morgan fingerprint density at radius 1 is 1.14 bits per heavy atom. The van der Waals surface area contributed by atoms with Crippen molar-refractivity contribution in [2.45, 2.75) is 18.2 Å². The molecule has 8 heteroatoms. The van der Waals surface area contributed by atoms with Crippen LogP contribution in [0.3, 0.4) is 0 Å². The van der Waals surface area contributed by atoms with Gasteiger partial charge in [0.05, 0.1) is 7.11 Å². The Morgan fingerprint density at radius 3 is 2.36 bits per heavy atom. The lowest BCUT2D eigenvalue weighted by molar-refractivity contribution is -0.132. The van der Waals surface area contributed by atoms with E-state index in [4.69, 9.17) is 4.74 Å². The number of methoxy groups -OCH3 is 1. The number of nitrogens with zero attached hydrogens (tertiary/aromatic N) is 1. The number of amides is 4. The Labute approximate surface area is 167 Å². The second-order valence-corrected chi connectivity index (χ2v) is 7.36. The van der Waals surface area contributed by atoms with Crippen LogP contribution >= 0.6 is 11.8 Å². The zero-order valence-electron chi connectivity index (χ0n) is 15.8. The van der Waals surface area contributed by atoms with Crippen molar-refractivity contribution in [1.29, 1.82) is 0 Å². The fourth-order valence-electron chi connectivity index (χ4n) is 2.95. The van der Waals surface area contributed by atoms with E-state index in [1.54, 1.807) is 62.2 Å². The van der Waals surface area contributed by atoms with Crippen LogP contribution in [0, 0.1) is 0 Å². The second-order valence-electron chi connectivity index (χ2n) is 6.50. The lowest BCUT2D eigenvalue weighted by Crippen LogP contribution is -2.47. The maximum absolute atomic E-state index is 12.9. The molecule has 2 aromatic carbocycles. The van der Waals surface area contributed by atoms with Gasteiger partial charge in [-0.15, -0.1) is 0 Å². The van der Waals surface area contributed by atoms with Crippen molar-refractivity contribution in [1.82, 2.24) is 15.8 Å². The number of benzene rings is 2. The summed E-state index contributed by atoms with van der Waals surface area (Å²) in [4.78, 5) is 37.7. The summed E-state index contributed by atoms with van der Waals surface area (Å²) in [6.07, 6.45) is 2.00. The third-order valence-corrected chi connectivity index (χ3v) is 5.22. The van der Waals surface area contributed by atoms with Gasteiger partial charge in [-0.3, -0.25) is 15.0 Å². The lowest BCUT2D eigenvalue weighted by atomic mass is 9.92. The molecule has 3 rings (SSSR count). The summed E-state index contributed by atoms with van der Waals surface area (Å²) < 4.78 is 5.12. The molecule has 2 N–H and O–H groups in total. The van der Waals surface area contributed by atoms with Crippen molar-refractivity contribution in [3.8, 4) is 5.75 Å². The van der Waals surface area contributed by atoms with Crippen molar-refractivity contribution in [2.75, 3.05) is 13.4 Å². The molecule has 28 heavy (non-hydrogen) atoms. The minimum Gasteiger partial charge on any atom is -0.497 e. The molecule has 1 aliphatic rings. The Morgan fingerprint density at radius 2 is 1.79 bits per heavy atom. The van der Waals surface area contributed by atoms with E-state index in [-0.39, 0.29) is 0 Å². The van der Waals surface area contributed by atoms with E-state index in [9.17, 15) is 14.4 Å². The monoisotopic (exact) mass is 399 g/mol. The topological polar surface area (TPSA) is 87.7 Å². The van der Waals surface area contributed by atoms with E-state index in [1.807, 2.05) is 18.4 Å². The molecule has 0 bridgehead atoms. The highest BCUT2D eigenvalue weighted by atomic mass is 32.2. The van der Waals surface area contributed by atoms with Crippen LogP contribution in [0.2, 0.25) is 0 Å². The average Bonchev–Trinajstić information content (AvgIpc) is 2.93. The Balaban J connectivity index is 1.76. The van der Waals surface area contributed by atoms with Crippen LogP contribution < -0.4 is 15.5 Å². The van der Waals surface area contributed by atoms with Gasteiger partial charge in [-0.2, -0.15) is 16.8 Å². The summed E-state index contributed by atoms with van der Waals surface area (Å²) in [5.74, 6) is 0.391. The first-order valence-corrected chi connectivity index (χ1v) is 9.98. The number of carbonyl (C=O) groups excluding carboxylic acids is 3. The highest BCUT2D eigenvalue weighted by molar-refractivity contribution is 7.97. The van der Waals surface area contributed by atoms with Crippen LogP contribution in [0.4, 0.5) is 4.79 Å². The summed E-state index contributed by atoms with van der Waals surface area (Å²) in [5.41, 5.74) is 3.16. The molecule has 146 valence electrons. The van der Waals surface area contributed by atoms with E-state index in [1.165, 1.54) is 0 Å². The van der Waals surface area contributed by atoms with Crippen LogP contribution in [0.1, 0.15) is 28.4 Å². The number of thioether (sulfide) groups is 1. The first-order chi connectivity index (χ1) is 13.4. The SMILES string of the molecule is COc1ccc([C@@]2(C)NC(=O)N(NC(=O)c3ccc(CSC)cc3)C2=O)cc1. The zero-order chi connectivity index (χ0) is 20.3. The second kappa shape index (κ2) is 7.93. The normalized spacial score (nSPS) is 18.8. The van der Waals surface area contributed by atoms with E-state index in [0.29, 0.717) is 16.9 Å². The first-order valence-electron chi connectivity index (χ1n) is 8.59. The average molecular weight is 399 g/mol. The molecule has 1 fully saturated rings. The van der Waals surface area contributed by atoms with Gasteiger partial charge < -0.3 is 10.1 Å². The van der Waals surface area contributed by atoms with Crippen LogP contribution in [0.25, 0.3) is 0 Å². The molecule has 0 radical (unpaired) electrons. The maximum atomic E-state index is 12.9. The molecule has 1 atom stereocenters. The standard InChI is InChI=1S/C20H21N3O4S/c1-20(15-8-10-16(27-2)11-9-15)18(25)23(19(26)21-20)22-17(24)14-6-4-13(5-7-14)12-28-3/h4-11H,12H2,1-3H3,(H,21,26)(H,22,24)/t20-/m1/s1. The van der Waals surface area contributed by atoms with Gasteiger partial charge in [-0.1, -0.05) is 24.3 Å². The number of ether oxygens (including phenoxy) is 1. The Kier molecular flexibility index (Phi) is 5.60. The summed E-state index contributed by atoms with van der Waals surface area (Å²) in [5, 5.41) is 3.37. The molecule has 1 heterocycles. The minimum atomic E-state index is -1.28. The predicted octanol–water partition coefficient (Wildman–Crippen LogP) is 2.67. The molecule has 1 saturated heterocycles. The maximum Gasteiger partial charge on any atom is 0.344 e. The van der Waals surface area contributed by atoms with Crippen LogP contribution in [0.5, 0.6) is 5.75 Å². The van der Waals surface area contributed by atoms with Crippen LogP contribution in [0.15, 0.2) is 48.5 Å². The van der Waals surface area contributed by atoms with Gasteiger partial charge in [0.1, 0.15) is 11.3 Å². The molecule has 1 aliphatic heterocycles. The highest BCUT2D eigenvalue weighted by Crippen LogP contribution is 2.29. The molecular formula is C20H21N3O4S. The summed E-state index contributed by atoms with van der Waals surface area (Å²) in [7, 11) is 1.55. The van der Waals surface area contributed by atoms with Gasteiger partial charge in [0.25, 0.3) is 11.8 Å². The van der Waals surface area contributed by atoms with Crippen LogP contribution in [-0.4, -0.2) is 36.2 Å². The van der Waals surface area contributed by atoms with Gasteiger partial charge in [0, 0.05) is 11.3 Å². The van der Waals surface area contributed by atoms with E-state index in [0.717, 1.165) is 16.3 Å². The molecule has 2 aromatic rings. The molecule has 0 saturated carbocycles. The number of imide groups is 1. The highest BCUT2D eigenvalue weighted by Gasteiger charge is 2.50. The van der Waals surface area contributed by atoms with Gasteiger partial charge in [0.2, 0.25) is 0 Å². The van der Waals surface area contributed by atoms with Crippen molar-refractivity contribution in [2.24, 2.45) is 0 Å². The van der Waals surface area contributed by atoms with Crippen molar-refractivity contribution in [3.63, 3.8) is 0 Å². The van der Waals surface area contributed by atoms with E-state index in [2.05, 4.69) is 10.7 Å². The lowest BCUT2D eigenvalue weighted by Gasteiger charge is -2.22. The Hall–Kier alpha value is -3.00. The Bertz CT molecular complexity index is 899. The minimum absolute atomic E-state index is 0.364. The summed E-state index contributed by atoms with van der Waals surface area (Å²) in [6, 6.07) is 13.2. The van der Waals surface area contributed by atoms with E-state index < -0.39 is 23.4 Å². The first kappa shape index (κ1) is 19.8. The molecule has 0 unspecified atom stereocenters. The van der Waals surface area contributed by atoms with Crippen molar-refractivity contribution in [3.05, 3.63) is 65.2 Å². The number of urea groups is 1. The largest absolute Gasteiger partial charge is 0.497 e. The fourth-order valence-corrected chi connectivity index (χ4v) is 3.47. The number of nitrogens with one attached hydrogen (secondary N) is 2. The number of hydrazine groups is 1. The summed E-state index contributed by atoms with van der Waals surface area (Å²) >= 11 is 1.68. The predicted molar refractivity (Wildman–Crippen MR) is 107 cm³/mol. The molecular weight excluding hydrogens is 378 g/mol. The van der Waals surface area contributed by atoms with Crippen molar-refractivity contribution < 1.29 is 19.1 Å². The quantitative estimate of drug-likeness (QED) is 0.729. The van der Waals surface area contributed by atoms with E-state index >= 15 is 0 Å². The number of hydrogen-bond acceptors (Lipinski definition) is 5. The smallest absolute Gasteiger partial charge is 0.344 e. The third-order valence-electron chi connectivity index (χ3n) is 4.60. The molecule has 7 nitrogen and oxygen atoms in total. The fraction of sp³-hybridized carbons (Fsp3) is 0.250.